The first-order valence-corrected chi connectivity index (χ1v) is 9.16. The Bertz CT molecular complexity index is 308. The molecule has 0 amide bonds. The molecule has 2 fully saturated rings. The van der Waals surface area contributed by atoms with Gasteiger partial charge in [0.1, 0.15) is 0 Å². The Kier molecular flexibility index (Phi) is 6.51. The van der Waals surface area contributed by atoms with Crippen molar-refractivity contribution in [2.75, 3.05) is 26.2 Å². The lowest BCUT2D eigenvalue weighted by molar-refractivity contribution is 0.103. The molecule has 1 aliphatic heterocycles. The minimum absolute atomic E-state index is 0.00664. The van der Waals surface area contributed by atoms with Crippen molar-refractivity contribution in [3.05, 3.63) is 0 Å². The highest BCUT2D eigenvalue weighted by Crippen LogP contribution is 2.38. The Morgan fingerprint density at radius 1 is 1.19 bits per heavy atom. The SMILES string of the molecule is CC1CCCN(CCC2CCCC2(CO)NC(C)C)CC1. The molecule has 2 aliphatic rings. The molecule has 21 heavy (non-hydrogen) atoms. The van der Waals surface area contributed by atoms with E-state index in [2.05, 4.69) is 31.0 Å². The average molecular weight is 296 g/mol. The summed E-state index contributed by atoms with van der Waals surface area (Å²) < 4.78 is 0. The first-order chi connectivity index (χ1) is 10.1. The van der Waals surface area contributed by atoms with Gasteiger partial charge in [0.2, 0.25) is 0 Å². The zero-order chi connectivity index (χ0) is 15.3. The summed E-state index contributed by atoms with van der Waals surface area (Å²) in [6.07, 6.45) is 9.06. The summed E-state index contributed by atoms with van der Waals surface area (Å²) >= 11 is 0. The number of hydrogen-bond acceptors (Lipinski definition) is 3. The lowest BCUT2D eigenvalue weighted by atomic mass is 9.84. The van der Waals surface area contributed by atoms with Crippen LogP contribution in [0.15, 0.2) is 0 Å². The minimum atomic E-state index is -0.00664. The maximum atomic E-state index is 9.98. The first-order valence-electron chi connectivity index (χ1n) is 9.16. The van der Waals surface area contributed by atoms with Gasteiger partial charge in [-0.1, -0.05) is 27.2 Å². The normalized spacial score (nSPS) is 35.3. The lowest BCUT2D eigenvalue weighted by Gasteiger charge is -2.38. The van der Waals surface area contributed by atoms with Gasteiger partial charge in [0.05, 0.1) is 6.61 Å². The van der Waals surface area contributed by atoms with E-state index in [0.717, 1.165) is 12.3 Å². The van der Waals surface area contributed by atoms with Crippen LogP contribution in [0.5, 0.6) is 0 Å². The molecule has 0 aromatic carbocycles. The molecule has 0 bridgehead atoms. The van der Waals surface area contributed by atoms with Crippen molar-refractivity contribution in [3.63, 3.8) is 0 Å². The number of rotatable bonds is 6. The van der Waals surface area contributed by atoms with Gasteiger partial charge in [-0.05, 0) is 70.0 Å². The fourth-order valence-electron chi connectivity index (χ4n) is 4.47. The van der Waals surface area contributed by atoms with E-state index < -0.39 is 0 Å². The topological polar surface area (TPSA) is 35.5 Å². The molecular weight excluding hydrogens is 260 g/mol. The predicted molar refractivity (Wildman–Crippen MR) is 89.5 cm³/mol. The Hall–Kier alpha value is -0.120. The van der Waals surface area contributed by atoms with Crippen LogP contribution in [0.3, 0.4) is 0 Å². The van der Waals surface area contributed by atoms with Crippen molar-refractivity contribution in [2.24, 2.45) is 11.8 Å². The molecule has 1 saturated carbocycles. The van der Waals surface area contributed by atoms with Crippen LogP contribution < -0.4 is 5.32 Å². The summed E-state index contributed by atoms with van der Waals surface area (Å²) in [7, 11) is 0. The van der Waals surface area contributed by atoms with Gasteiger partial charge in [-0.3, -0.25) is 0 Å². The number of nitrogens with one attached hydrogen (secondary N) is 1. The van der Waals surface area contributed by atoms with Crippen LogP contribution in [-0.2, 0) is 0 Å². The van der Waals surface area contributed by atoms with Crippen LogP contribution in [0, 0.1) is 11.8 Å². The summed E-state index contributed by atoms with van der Waals surface area (Å²) in [5, 5.41) is 13.7. The monoisotopic (exact) mass is 296 g/mol. The van der Waals surface area contributed by atoms with E-state index >= 15 is 0 Å². The molecule has 1 saturated heterocycles. The van der Waals surface area contributed by atoms with Crippen molar-refractivity contribution < 1.29 is 5.11 Å². The van der Waals surface area contributed by atoms with E-state index in [1.165, 1.54) is 58.2 Å². The van der Waals surface area contributed by atoms with Crippen molar-refractivity contribution in [2.45, 2.75) is 77.3 Å². The van der Waals surface area contributed by atoms with Gasteiger partial charge in [-0.15, -0.1) is 0 Å². The van der Waals surface area contributed by atoms with Crippen LogP contribution in [-0.4, -0.2) is 47.8 Å². The summed E-state index contributed by atoms with van der Waals surface area (Å²) in [4.78, 5) is 2.67. The molecule has 0 radical (unpaired) electrons. The van der Waals surface area contributed by atoms with Gasteiger partial charge in [-0.25, -0.2) is 0 Å². The molecule has 2 N–H and O–H groups in total. The maximum absolute atomic E-state index is 9.98. The molecule has 1 heterocycles. The summed E-state index contributed by atoms with van der Waals surface area (Å²) in [5.74, 6) is 1.55. The molecule has 3 nitrogen and oxygen atoms in total. The molecule has 0 aromatic rings. The molecule has 3 unspecified atom stereocenters. The van der Waals surface area contributed by atoms with Gasteiger partial charge in [-0.2, -0.15) is 0 Å². The second-order valence-corrected chi connectivity index (χ2v) is 7.87. The smallest absolute Gasteiger partial charge is 0.0616 e. The quantitative estimate of drug-likeness (QED) is 0.791. The Balaban J connectivity index is 1.85. The summed E-state index contributed by atoms with van der Waals surface area (Å²) in [6, 6.07) is 0.455. The predicted octanol–water partition coefficient (Wildman–Crippen LogP) is 3.03. The first kappa shape index (κ1) is 17.2. The molecular formula is C18H36N2O. The van der Waals surface area contributed by atoms with E-state index in [1.54, 1.807) is 0 Å². The average Bonchev–Trinajstić information content (AvgIpc) is 2.71. The number of likely N-dealkylation sites (tertiary alicyclic amines) is 1. The van der Waals surface area contributed by atoms with E-state index in [1.807, 2.05) is 0 Å². The fraction of sp³-hybridized carbons (Fsp3) is 1.00. The standard InChI is InChI=1S/C18H36N2O/c1-15(2)19-18(14-21)10-4-7-17(18)9-13-20-11-5-6-16(3)8-12-20/h15-17,19,21H,4-14H2,1-3H3. The molecule has 0 spiro atoms. The number of aliphatic hydroxyl groups excluding tert-OH is 1. The molecule has 1 aliphatic carbocycles. The van der Waals surface area contributed by atoms with Crippen LogP contribution in [0.4, 0.5) is 0 Å². The van der Waals surface area contributed by atoms with Crippen molar-refractivity contribution in [1.29, 1.82) is 0 Å². The summed E-state index contributed by atoms with van der Waals surface area (Å²) in [5.41, 5.74) is -0.00664. The highest BCUT2D eigenvalue weighted by Gasteiger charge is 2.42. The van der Waals surface area contributed by atoms with Crippen LogP contribution in [0.1, 0.15) is 65.7 Å². The van der Waals surface area contributed by atoms with Gasteiger partial charge in [0, 0.05) is 11.6 Å². The molecule has 0 aromatic heterocycles. The Labute approximate surface area is 131 Å². The Morgan fingerprint density at radius 3 is 2.71 bits per heavy atom. The van der Waals surface area contributed by atoms with Gasteiger partial charge in [0.25, 0.3) is 0 Å². The minimum Gasteiger partial charge on any atom is -0.394 e. The van der Waals surface area contributed by atoms with Gasteiger partial charge >= 0.3 is 0 Å². The molecule has 124 valence electrons. The van der Waals surface area contributed by atoms with Crippen molar-refractivity contribution in [1.82, 2.24) is 10.2 Å². The van der Waals surface area contributed by atoms with E-state index in [-0.39, 0.29) is 5.54 Å². The van der Waals surface area contributed by atoms with E-state index in [9.17, 15) is 5.11 Å². The summed E-state index contributed by atoms with van der Waals surface area (Å²) in [6.45, 7) is 10.9. The third-order valence-corrected chi connectivity index (χ3v) is 5.72. The second kappa shape index (κ2) is 7.94. The van der Waals surface area contributed by atoms with Crippen LogP contribution in [0.25, 0.3) is 0 Å². The van der Waals surface area contributed by atoms with E-state index in [0.29, 0.717) is 18.6 Å². The lowest BCUT2D eigenvalue weighted by Crippen LogP contribution is -2.54. The fourth-order valence-corrected chi connectivity index (χ4v) is 4.47. The van der Waals surface area contributed by atoms with Crippen molar-refractivity contribution >= 4 is 0 Å². The number of aliphatic hydroxyl groups is 1. The second-order valence-electron chi connectivity index (χ2n) is 7.87. The third-order valence-electron chi connectivity index (χ3n) is 5.72. The zero-order valence-corrected chi connectivity index (χ0v) is 14.4. The van der Waals surface area contributed by atoms with Crippen LogP contribution >= 0.6 is 0 Å². The molecule has 2 rings (SSSR count). The van der Waals surface area contributed by atoms with Gasteiger partial charge in [0.15, 0.2) is 0 Å². The van der Waals surface area contributed by atoms with Gasteiger partial charge < -0.3 is 15.3 Å². The zero-order valence-electron chi connectivity index (χ0n) is 14.4. The number of nitrogens with zero attached hydrogens (tertiary/aromatic N) is 1. The Morgan fingerprint density at radius 2 is 2.00 bits per heavy atom. The molecule has 3 heteroatoms. The molecule has 3 atom stereocenters. The number of hydrogen-bond donors (Lipinski definition) is 2. The highest BCUT2D eigenvalue weighted by atomic mass is 16.3. The van der Waals surface area contributed by atoms with Crippen molar-refractivity contribution in [3.8, 4) is 0 Å². The third kappa shape index (κ3) is 4.67. The largest absolute Gasteiger partial charge is 0.394 e. The van der Waals surface area contributed by atoms with Crippen LogP contribution in [0.2, 0.25) is 0 Å². The maximum Gasteiger partial charge on any atom is 0.0616 e. The van der Waals surface area contributed by atoms with E-state index in [4.69, 9.17) is 0 Å². The highest BCUT2D eigenvalue weighted by molar-refractivity contribution is 5.00.